The lowest BCUT2D eigenvalue weighted by Crippen LogP contribution is -2.37. The zero-order chi connectivity index (χ0) is 27.1. The first-order chi connectivity index (χ1) is 16.5. The Morgan fingerprint density at radius 3 is 2.17 bits per heavy atom. The van der Waals surface area contributed by atoms with E-state index in [-0.39, 0.29) is 12.6 Å². The smallest absolute Gasteiger partial charge is 0.347 e. The predicted molar refractivity (Wildman–Crippen MR) is 106 cm³/mol. The molecule has 0 aliphatic carbocycles. The van der Waals surface area contributed by atoms with E-state index < -0.39 is 75.9 Å². The van der Waals surface area contributed by atoms with Crippen LogP contribution in [0.15, 0.2) is 41.3 Å². The third-order valence-corrected chi connectivity index (χ3v) is 4.70. The number of halogens is 9. The van der Waals surface area contributed by atoms with Gasteiger partial charge in [0.2, 0.25) is 0 Å². The lowest BCUT2D eigenvalue weighted by Gasteiger charge is -2.17. The summed E-state index contributed by atoms with van der Waals surface area (Å²) in [4.78, 5) is 32.6. The second-order valence-corrected chi connectivity index (χ2v) is 7.44. The van der Waals surface area contributed by atoms with E-state index in [0.29, 0.717) is 24.4 Å². The van der Waals surface area contributed by atoms with Crippen LogP contribution in [0.5, 0.6) is 0 Å². The number of H-pyrrole nitrogens is 1. The van der Waals surface area contributed by atoms with Gasteiger partial charge in [-0.2, -0.15) is 35.1 Å². The molecule has 0 unspecified atom stereocenters. The fourth-order valence-corrected chi connectivity index (χ4v) is 2.97. The van der Waals surface area contributed by atoms with Crippen molar-refractivity contribution in [2.45, 2.75) is 31.7 Å². The first-order valence-corrected chi connectivity index (χ1v) is 9.68. The van der Waals surface area contributed by atoms with Gasteiger partial charge in [-0.05, 0) is 18.2 Å². The van der Waals surface area contributed by atoms with Crippen LogP contribution in [-0.4, -0.2) is 26.8 Å². The van der Waals surface area contributed by atoms with Crippen LogP contribution in [0.3, 0.4) is 0 Å². The summed E-state index contributed by atoms with van der Waals surface area (Å²) < 4.78 is 120. The number of carbonyl (C=O) groups excluding carboxylic acids is 1. The molecule has 1 aromatic carbocycles. The summed E-state index contributed by atoms with van der Waals surface area (Å²) in [5.41, 5.74) is -6.56. The Morgan fingerprint density at radius 2 is 1.64 bits per heavy atom. The van der Waals surface area contributed by atoms with Crippen LogP contribution in [0.4, 0.5) is 39.5 Å². The number of rotatable bonds is 5. The lowest BCUT2D eigenvalue weighted by molar-refractivity contribution is -0.143. The van der Waals surface area contributed by atoms with Crippen molar-refractivity contribution in [2.24, 2.45) is 0 Å². The predicted octanol–water partition coefficient (Wildman–Crippen LogP) is 4.95. The number of benzene rings is 1. The highest BCUT2D eigenvalue weighted by atomic mass is 19.4. The van der Waals surface area contributed by atoms with Crippen molar-refractivity contribution < 1.29 is 44.3 Å². The number of alkyl halides is 8. The Balaban J connectivity index is 2.13. The van der Waals surface area contributed by atoms with E-state index >= 15 is 4.39 Å². The lowest BCUT2D eigenvalue weighted by atomic mass is 10.0. The maximum atomic E-state index is 15.2. The minimum absolute atomic E-state index is 0.256. The molecule has 3 rings (SSSR count). The van der Waals surface area contributed by atoms with Crippen LogP contribution in [0, 0.1) is 5.82 Å². The summed E-state index contributed by atoms with van der Waals surface area (Å²) in [5, 5.41) is 1.68. The standard InChI is InChI=1S/C21H13F9N4O2/c1-19(23,24)18(36)32-7-9-2-4-11(21(28,29)30)15(16(9)22)17-33-13(6-14(35)34-17)12-5-3-10(8-31-12)20(25,26)27/h2-6,8H,7H2,1H3,(H,32,36)(H,33,34,35). The van der Waals surface area contributed by atoms with Gasteiger partial charge in [0.1, 0.15) is 11.6 Å². The summed E-state index contributed by atoms with van der Waals surface area (Å²) in [6, 6.07) is 3.13. The van der Waals surface area contributed by atoms with Crippen LogP contribution in [0.2, 0.25) is 0 Å². The molecule has 36 heavy (non-hydrogen) atoms. The number of hydrogen-bond donors (Lipinski definition) is 2. The van der Waals surface area contributed by atoms with Crippen molar-refractivity contribution in [3.63, 3.8) is 0 Å². The average molecular weight is 524 g/mol. The van der Waals surface area contributed by atoms with Gasteiger partial charge in [0.05, 0.1) is 28.1 Å². The Kier molecular flexibility index (Phi) is 6.88. The number of amides is 1. The van der Waals surface area contributed by atoms with Crippen LogP contribution in [-0.2, 0) is 23.7 Å². The molecule has 0 radical (unpaired) electrons. The molecule has 2 heterocycles. The fraction of sp³-hybridized carbons (Fsp3) is 0.238. The summed E-state index contributed by atoms with van der Waals surface area (Å²) in [5.74, 6) is -8.26. The highest BCUT2D eigenvalue weighted by molar-refractivity contribution is 5.82. The SMILES string of the molecule is CC(F)(F)C(=O)NCc1ccc(C(F)(F)F)c(-c2nc(-c3ccc(C(F)(F)F)cn3)cc(=O)[nH]2)c1F. The van der Waals surface area contributed by atoms with Crippen molar-refractivity contribution in [1.82, 2.24) is 20.3 Å². The van der Waals surface area contributed by atoms with E-state index in [1.807, 2.05) is 4.98 Å². The molecule has 3 aromatic rings. The highest BCUT2D eigenvalue weighted by Gasteiger charge is 2.37. The molecule has 2 aromatic heterocycles. The van der Waals surface area contributed by atoms with Crippen molar-refractivity contribution in [3.05, 3.63) is 69.4 Å². The number of nitrogens with one attached hydrogen (secondary N) is 2. The maximum Gasteiger partial charge on any atom is 0.417 e. The van der Waals surface area contributed by atoms with Gasteiger partial charge in [-0.1, -0.05) is 6.07 Å². The fourth-order valence-electron chi connectivity index (χ4n) is 2.97. The minimum Gasteiger partial charge on any atom is -0.347 e. The molecule has 2 N–H and O–H groups in total. The van der Waals surface area contributed by atoms with Crippen LogP contribution >= 0.6 is 0 Å². The van der Waals surface area contributed by atoms with Crippen molar-refractivity contribution in [2.75, 3.05) is 0 Å². The monoisotopic (exact) mass is 524 g/mol. The third kappa shape index (κ3) is 5.83. The molecule has 0 aliphatic heterocycles. The number of nitrogens with zero attached hydrogens (tertiary/aromatic N) is 2. The van der Waals surface area contributed by atoms with Crippen molar-refractivity contribution >= 4 is 5.91 Å². The van der Waals surface area contributed by atoms with E-state index in [1.165, 1.54) is 0 Å². The van der Waals surface area contributed by atoms with Gasteiger partial charge in [0, 0.05) is 31.3 Å². The molecule has 1 amide bonds. The number of aromatic nitrogens is 3. The Bertz CT molecular complexity index is 1340. The molecular formula is C21H13F9N4O2. The van der Waals surface area contributed by atoms with E-state index in [9.17, 15) is 44.7 Å². The summed E-state index contributed by atoms with van der Waals surface area (Å²) in [7, 11) is 0. The number of aromatic amines is 1. The minimum atomic E-state index is -5.17. The average Bonchev–Trinajstić information content (AvgIpc) is 2.75. The number of carbonyl (C=O) groups is 1. The van der Waals surface area contributed by atoms with Crippen molar-refractivity contribution in [3.8, 4) is 22.8 Å². The van der Waals surface area contributed by atoms with Gasteiger partial charge in [0.25, 0.3) is 11.5 Å². The molecule has 0 fully saturated rings. The largest absolute Gasteiger partial charge is 0.417 e. The molecule has 6 nitrogen and oxygen atoms in total. The first-order valence-electron chi connectivity index (χ1n) is 9.68. The number of hydrogen-bond acceptors (Lipinski definition) is 4. The first kappa shape index (κ1) is 26.7. The molecule has 15 heteroatoms. The second kappa shape index (κ2) is 9.28. The summed E-state index contributed by atoms with van der Waals surface area (Å²) >= 11 is 0. The zero-order valence-corrected chi connectivity index (χ0v) is 17.8. The zero-order valence-electron chi connectivity index (χ0n) is 17.8. The van der Waals surface area contributed by atoms with E-state index in [2.05, 4.69) is 9.97 Å². The maximum absolute atomic E-state index is 15.2. The molecule has 0 bridgehead atoms. The van der Waals surface area contributed by atoms with E-state index in [4.69, 9.17) is 0 Å². The topological polar surface area (TPSA) is 87.7 Å². The molecule has 192 valence electrons. The Labute approximate surface area is 195 Å². The van der Waals surface area contributed by atoms with Crippen molar-refractivity contribution in [1.29, 1.82) is 0 Å². The highest BCUT2D eigenvalue weighted by Crippen LogP contribution is 2.38. The molecule has 0 atom stereocenters. The van der Waals surface area contributed by atoms with Gasteiger partial charge >= 0.3 is 18.3 Å². The Morgan fingerprint density at radius 1 is 0.972 bits per heavy atom. The van der Waals surface area contributed by atoms with Gasteiger partial charge < -0.3 is 10.3 Å². The number of pyridine rings is 1. The summed E-state index contributed by atoms with van der Waals surface area (Å²) in [6.45, 7) is -0.671. The second-order valence-electron chi connectivity index (χ2n) is 7.44. The molecule has 0 aliphatic rings. The van der Waals surface area contributed by atoms with E-state index in [0.717, 1.165) is 12.1 Å². The van der Waals surface area contributed by atoms with Gasteiger partial charge in [-0.15, -0.1) is 0 Å². The molecule has 0 saturated heterocycles. The molecular weight excluding hydrogens is 511 g/mol. The quantitative estimate of drug-likeness (QED) is 0.463. The van der Waals surface area contributed by atoms with E-state index in [1.54, 1.807) is 5.32 Å². The third-order valence-electron chi connectivity index (χ3n) is 4.70. The molecule has 0 spiro atoms. The van der Waals surface area contributed by atoms with Gasteiger partial charge in [-0.3, -0.25) is 14.6 Å². The molecule has 0 saturated carbocycles. The van der Waals surface area contributed by atoms with Crippen LogP contribution in [0.25, 0.3) is 22.8 Å². The van der Waals surface area contributed by atoms with Gasteiger partial charge in [-0.25, -0.2) is 9.37 Å². The van der Waals surface area contributed by atoms with Crippen LogP contribution in [0.1, 0.15) is 23.6 Å². The normalized spacial score (nSPS) is 12.5. The summed E-state index contributed by atoms with van der Waals surface area (Å²) in [6.07, 6.45) is -9.50. The van der Waals surface area contributed by atoms with Gasteiger partial charge in [0.15, 0.2) is 0 Å². The Hall–Kier alpha value is -3.91. The van der Waals surface area contributed by atoms with Crippen LogP contribution < -0.4 is 10.9 Å².